The fraction of sp³-hybridized carbons (Fsp3) is 0.833. The second-order valence-electron chi connectivity index (χ2n) is 5.78. The third-order valence-corrected chi connectivity index (χ3v) is 9.19. The van der Waals surface area contributed by atoms with E-state index in [1.54, 1.807) is 0 Å². The van der Waals surface area contributed by atoms with Gasteiger partial charge in [0, 0.05) is 6.54 Å². The van der Waals surface area contributed by atoms with Gasteiger partial charge in [-0.05, 0) is 18.5 Å². The topological polar surface area (TPSA) is 3.24 Å². The summed E-state index contributed by atoms with van der Waals surface area (Å²) < 4.78 is 2.63. The van der Waals surface area contributed by atoms with Gasteiger partial charge in [0.25, 0.3) is 0 Å². The molecule has 0 N–H and O–H groups in total. The van der Waals surface area contributed by atoms with Gasteiger partial charge in [0.2, 0.25) is 0 Å². The zero-order valence-corrected chi connectivity index (χ0v) is 12.1. The first-order chi connectivity index (χ1) is 6.13. The van der Waals surface area contributed by atoms with Crippen LogP contribution in [-0.2, 0) is 0 Å². The molecule has 0 saturated carbocycles. The number of hydrogen-bond acceptors (Lipinski definition) is 1. The highest BCUT2D eigenvalue weighted by molar-refractivity contribution is 6.77. The minimum atomic E-state index is -1.32. The van der Waals surface area contributed by atoms with Crippen LogP contribution in [0.15, 0.2) is 12.2 Å². The third kappa shape index (κ3) is 3.25. The molecule has 84 valence electrons. The molecule has 0 aromatic heterocycles. The molecular weight excluding hydrogens is 186 g/mol. The van der Waals surface area contributed by atoms with Crippen LogP contribution in [0.25, 0.3) is 0 Å². The van der Waals surface area contributed by atoms with Crippen LogP contribution in [0.3, 0.4) is 0 Å². The molecule has 0 aliphatic carbocycles. The zero-order chi connectivity index (χ0) is 11.6. The Hall–Kier alpha value is -0.0831. The first-order valence-corrected chi connectivity index (χ1v) is 8.47. The fourth-order valence-corrected chi connectivity index (χ4v) is 3.91. The van der Waals surface area contributed by atoms with Gasteiger partial charge in [-0.25, -0.2) is 0 Å². The summed E-state index contributed by atoms with van der Waals surface area (Å²) in [6.07, 6.45) is 0. The maximum Gasteiger partial charge on any atom is 0.127 e. The van der Waals surface area contributed by atoms with E-state index in [4.69, 9.17) is 0 Å². The Morgan fingerprint density at radius 3 is 1.93 bits per heavy atom. The lowest BCUT2D eigenvalue weighted by Gasteiger charge is -2.45. The zero-order valence-electron chi connectivity index (χ0n) is 11.1. The normalized spacial score (nSPS) is 13.4. The smallest absolute Gasteiger partial charge is 0.127 e. The molecular formula is C12H27NSi. The van der Waals surface area contributed by atoms with Crippen molar-refractivity contribution in [3.63, 3.8) is 0 Å². The van der Waals surface area contributed by atoms with Crippen molar-refractivity contribution in [2.75, 3.05) is 13.1 Å². The summed E-state index contributed by atoms with van der Waals surface area (Å²) in [5, 5.41) is 0.429. The quantitative estimate of drug-likeness (QED) is 0.506. The minimum absolute atomic E-state index is 0.429. The van der Waals surface area contributed by atoms with Gasteiger partial charge >= 0.3 is 0 Å². The SMILES string of the molecule is C=C(C)CN(CC)[Si](C)(C)C(C)(C)C. The molecule has 0 radical (unpaired) electrons. The Morgan fingerprint density at radius 1 is 1.29 bits per heavy atom. The van der Waals surface area contributed by atoms with Crippen LogP contribution < -0.4 is 0 Å². The van der Waals surface area contributed by atoms with E-state index >= 15 is 0 Å². The fourth-order valence-electron chi connectivity index (χ4n) is 1.50. The summed E-state index contributed by atoms with van der Waals surface area (Å²) in [4.78, 5) is 0. The molecule has 0 saturated heterocycles. The number of rotatable bonds is 4. The van der Waals surface area contributed by atoms with Crippen molar-refractivity contribution in [1.82, 2.24) is 4.57 Å². The molecule has 0 heterocycles. The molecule has 14 heavy (non-hydrogen) atoms. The van der Waals surface area contributed by atoms with Gasteiger partial charge in [-0.2, -0.15) is 0 Å². The lowest BCUT2D eigenvalue weighted by molar-refractivity contribution is 0.446. The Balaban J connectivity index is 4.74. The van der Waals surface area contributed by atoms with Gasteiger partial charge in [-0.1, -0.05) is 52.9 Å². The van der Waals surface area contributed by atoms with E-state index in [1.807, 2.05) is 0 Å². The Labute approximate surface area is 91.3 Å². The Bertz CT molecular complexity index is 201. The molecule has 0 unspecified atom stereocenters. The van der Waals surface area contributed by atoms with E-state index in [1.165, 1.54) is 5.57 Å². The van der Waals surface area contributed by atoms with Gasteiger partial charge < -0.3 is 4.57 Å². The van der Waals surface area contributed by atoms with Crippen LogP contribution in [0.4, 0.5) is 0 Å². The maximum absolute atomic E-state index is 4.02. The predicted molar refractivity (Wildman–Crippen MR) is 69.3 cm³/mol. The van der Waals surface area contributed by atoms with Crippen molar-refractivity contribution in [3.8, 4) is 0 Å². The molecule has 0 aliphatic rings. The molecule has 0 bridgehead atoms. The molecule has 0 aliphatic heterocycles. The molecule has 0 atom stereocenters. The highest BCUT2D eigenvalue weighted by atomic mass is 28.3. The average molecular weight is 213 g/mol. The monoisotopic (exact) mass is 213 g/mol. The number of likely N-dealkylation sites (N-methyl/N-ethyl adjacent to an activating group) is 1. The molecule has 1 nitrogen and oxygen atoms in total. The summed E-state index contributed by atoms with van der Waals surface area (Å²) >= 11 is 0. The van der Waals surface area contributed by atoms with Gasteiger partial charge in [0.05, 0.1) is 0 Å². The standard InChI is InChI=1S/C12H27NSi/c1-9-13(10-11(2)3)14(7,8)12(4,5)6/h2,9-10H2,1,3-8H3. The molecule has 0 fully saturated rings. The van der Waals surface area contributed by atoms with E-state index in [-0.39, 0.29) is 0 Å². The van der Waals surface area contributed by atoms with Gasteiger partial charge in [0.15, 0.2) is 0 Å². The van der Waals surface area contributed by atoms with Crippen molar-refractivity contribution in [3.05, 3.63) is 12.2 Å². The summed E-state index contributed by atoms with van der Waals surface area (Å²) in [6.45, 7) is 22.6. The molecule has 0 aromatic rings. The van der Waals surface area contributed by atoms with E-state index in [9.17, 15) is 0 Å². The number of hydrogen-bond donors (Lipinski definition) is 0. The number of nitrogens with zero attached hydrogens (tertiary/aromatic N) is 1. The lowest BCUT2D eigenvalue weighted by Crippen LogP contribution is -2.55. The van der Waals surface area contributed by atoms with E-state index in [2.05, 4.69) is 58.9 Å². The van der Waals surface area contributed by atoms with Crippen molar-refractivity contribution in [1.29, 1.82) is 0 Å². The highest BCUT2D eigenvalue weighted by Crippen LogP contribution is 2.38. The van der Waals surface area contributed by atoms with Crippen molar-refractivity contribution in [2.24, 2.45) is 0 Å². The molecule has 0 aromatic carbocycles. The second kappa shape index (κ2) is 4.62. The summed E-state index contributed by atoms with van der Waals surface area (Å²) in [5.74, 6) is 0. The van der Waals surface area contributed by atoms with Gasteiger partial charge in [-0.15, -0.1) is 0 Å². The lowest BCUT2D eigenvalue weighted by atomic mass is 10.2. The third-order valence-electron chi connectivity index (χ3n) is 3.47. The molecule has 0 spiro atoms. The summed E-state index contributed by atoms with van der Waals surface area (Å²) in [6, 6.07) is 0. The van der Waals surface area contributed by atoms with Crippen LogP contribution in [-0.4, -0.2) is 25.9 Å². The van der Waals surface area contributed by atoms with E-state index < -0.39 is 8.24 Å². The van der Waals surface area contributed by atoms with Gasteiger partial charge in [-0.3, -0.25) is 0 Å². The van der Waals surface area contributed by atoms with Crippen LogP contribution >= 0.6 is 0 Å². The summed E-state index contributed by atoms with van der Waals surface area (Å²) in [7, 11) is -1.32. The minimum Gasteiger partial charge on any atom is -0.320 e. The molecule has 2 heteroatoms. The maximum atomic E-state index is 4.02. The van der Waals surface area contributed by atoms with Crippen LogP contribution in [0.2, 0.25) is 18.1 Å². The van der Waals surface area contributed by atoms with Crippen molar-refractivity contribution < 1.29 is 0 Å². The van der Waals surface area contributed by atoms with Crippen molar-refractivity contribution >= 4 is 8.24 Å². The molecule has 0 rings (SSSR count). The first kappa shape index (κ1) is 13.9. The Morgan fingerprint density at radius 2 is 1.71 bits per heavy atom. The largest absolute Gasteiger partial charge is 0.320 e. The highest BCUT2D eigenvalue weighted by Gasteiger charge is 2.39. The summed E-state index contributed by atoms with van der Waals surface area (Å²) in [5.41, 5.74) is 1.27. The first-order valence-electron chi connectivity index (χ1n) is 5.52. The van der Waals surface area contributed by atoms with Crippen LogP contribution in [0.5, 0.6) is 0 Å². The van der Waals surface area contributed by atoms with Crippen molar-refractivity contribution in [2.45, 2.75) is 52.8 Å². The van der Waals surface area contributed by atoms with E-state index in [0.29, 0.717) is 5.04 Å². The van der Waals surface area contributed by atoms with Crippen LogP contribution in [0, 0.1) is 0 Å². The Kier molecular flexibility index (Phi) is 4.60. The van der Waals surface area contributed by atoms with E-state index in [0.717, 1.165) is 13.1 Å². The van der Waals surface area contributed by atoms with Gasteiger partial charge in [0.1, 0.15) is 8.24 Å². The second-order valence-corrected chi connectivity index (χ2v) is 11.0. The predicted octanol–water partition coefficient (Wildman–Crippen LogP) is 3.89. The average Bonchev–Trinajstić information content (AvgIpc) is 1.97. The molecule has 0 amide bonds. The van der Waals surface area contributed by atoms with Crippen LogP contribution in [0.1, 0.15) is 34.6 Å².